The fourth-order valence-corrected chi connectivity index (χ4v) is 11.2. The molecular weight excluding hydrogens is 1940 g/mol. The van der Waals surface area contributed by atoms with Crippen LogP contribution in [0.15, 0.2) is 187 Å². The molecule has 8 heterocycles. The Kier molecular flexibility index (Phi) is 45.6. The molecule has 4 aromatic carbocycles. The zero-order valence-electron chi connectivity index (χ0n) is 68.6. The van der Waals surface area contributed by atoms with E-state index in [0.717, 1.165) is 57.4 Å². The molecule has 8 aromatic heterocycles. The number of pyridine rings is 4. The van der Waals surface area contributed by atoms with Gasteiger partial charge in [0.05, 0.1) is 68.0 Å². The predicted octanol–water partition coefficient (Wildman–Crippen LogP) is 11.4. The number of esters is 2. The van der Waals surface area contributed by atoms with Crippen LogP contribution in [0.4, 0.5) is 52.7 Å². The van der Waals surface area contributed by atoms with Gasteiger partial charge in [-0.05, 0) is 100 Å². The first-order valence-electron chi connectivity index (χ1n) is 36.1. The average molecular weight is 2020 g/mol. The minimum atomic E-state index is -5.08. The number of amides is 2. The number of aromatic nitrogens is 8. The van der Waals surface area contributed by atoms with E-state index in [-0.39, 0.29) is 104 Å². The second-order valence-electron chi connectivity index (χ2n) is 25.4. The van der Waals surface area contributed by atoms with Crippen LogP contribution in [0.25, 0.3) is 43.6 Å². The summed E-state index contributed by atoms with van der Waals surface area (Å²) in [4.78, 5) is 145. The number of aryl methyl sites for hydroxylation is 2. The molecule has 0 unspecified atom stereocenters. The average Bonchev–Trinajstić information content (AvgIpc) is 1.61. The van der Waals surface area contributed by atoms with Crippen molar-refractivity contribution in [1.29, 1.82) is 0 Å². The molecule has 15 N–H and O–H groups in total. The Labute approximate surface area is 752 Å². The van der Waals surface area contributed by atoms with Gasteiger partial charge in [-0.2, -0.15) is 52.7 Å². The number of nitrogens with one attached hydrogen (secondary N) is 1. The number of rotatable bonds is 23. The topological polar surface area (TPSA) is 545 Å². The van der Waals surface area contributed by atoms with Crippen LogP contribution in [0.1, 0.15) is 79.6 Å². The summed E-state index contributed by atoms with van der Waals surface area (Å²) in [7, 11) is 0. The number of alkyl halides is 12. The Morgan fingerprint density at radius 1 is 0.400 bits per heavy atom. The maximum atomic E-state index is 12.6. The molecule has 2 amide bonds. The number of fused-ring (bicyclic) bond motifs is 4. The molecule has 12 rings (SSSR count). The normalized spacial score (nSPS) is 10.5. The number of hydrogen-bond donors (Lipinski definition) is 9. The fraction of sp³-hybridized carbons (Fsp3) is 0.232. The first-order valence-corrected chi connectivity index (χ1v) is 36.1. The van der Waals surface area contributed by atoms with E-state index >= 15 is 0 Å². The van der Waals surface area contributed by atoms with Crippen LogP contribution in [0.5, 0.6) is 17.6 Å². The molecular formula is C82H81F12N11O23Rh2. The predicted molar refractivity (Wildman–Crippen MR) is 431 cm³/mol. The summed E-state index contributed by atoms with van der Waals surface area (Å²) in [5, 5.41) is 39.6. The second-order valence-corrected chi connectivity index (χ2v) is 25.4. The first-order chi connectivity index (χ1) is 59.0. The number of halogens is 12. The molecule has 0 saturated carbocycles. The number of hydrogen-bond acceptors (Lipinski definition) is 21. The number of nitrogens with two attached hydrogens (primary N) is 2. The van der Waals surface area contributed by atoms with Crippen molar-refractivity contribution in [3.8, 4) is 17.6 Å². The number of aliphatic carboxylic acids is 5. The molecule has 0 aliphatic rings. The van der Waals surface area contributed by atoms with E-state index in [1.165, 1.54) is 23.5 Å². The Balaban J connectivity index is 0.000000785. The van der Waals surface area contributed by atoms with Gasteiger partial charge in [0.2, 0.25) is 17.6 Å². The number of carboxylic acids is 5. The third-order valence-electron chi connectivity index (χ3n) is 16.7. The number of Topliss-reactive ketones (excluding diaryl/α,β-unsaturated/α-hetero) is 2. The molecule has 2 radical (unpaired) electrons. The van der Waals surface area contributed by atoms with Gasteiger partial charge in [-0.25, -0.2) is 48.5 Å². The SMILES string of the molecule is CCOC(=O)COc1nccc2c1c(C(=O)C(N)=O)c(C)n2Cc1ccccc1.CCOC(=O)COc1nccc2c1cc(C)n2Cc1ccccc1.Cc1c(C(=O)C(N)=O)c2c(OCC(=O)O)nccc2n1Cc1ccccc1.Cc1cc2c(=O)[nH]ccc2n1Cc1ccccc1.N.O.O=C(O)C(F)(F)F.O=C(O)C(F)(F)F.O=C(O)C(F)(F)F.O=C(O)C(F)(F)F.[Rh].[Rh]. The van der Waals surface area contributed by atoms with Crippen molar-refractivity contribution in [1.82, 2.24) is 44.4 Å². The van der Waals surface area contributed by atoms with Crippen molar-refractivity contribution in [2.45, 2.75) is 92.4 Å². The van der Waals surface area contributed by atoms with Gasteiger partial charge in [0.1, 0.15) is 0 Å². The van der Waals surface area contributed by atoms with Crippen LogP contribution >= 0.6 is 0 Å². The van der Waals surface area contributed by atoms with Gasteiger partial charge in [0.15, 0.2) is 19.8 Å². The van der Waals surface area contributed by atoms with Crippen LogP contribution in [0.2, 0.25) is 0 Å². The van der Waals surface area contributed by atoms with Gasteiger partial charge >= 0.3 is 66.5 Å². The minimum Gasteiger partial charge on any atom is -0.479 e. The molecule has 0 bridgehead atoms. The van der Waals surface area contributed by atoms with Crippen LogP contribution in [-0.4, -0.2) is 192 Å². The van der Waals surface area contributed by atoms with Crippen LogP contribution < -0.4 is 37.4 Å². The molecule has 34 nitrogen and oxygen atoms in total. The molecule has 48 heteroatoms. The van der Waals surface area contributed by atoms with Crippen molar-refractivity contribution in [3.05, 3.63) is 249 Å². The van der Waals surface area contributed by atoms with Crippen molar-refractivity contribution in [2.75, 3.05) is 33.0 Å². The standard InChI is InChI=1S/C21H21N3O5.C19H17N3O5.C19H20N2O3.C15H14N2O.4C2HF3O2.H3N.H2O.2Rh/c1-3-28-16(25)12-29-21-18-15(9-10-23-21)24(11-14-7-5-4-6-8-14)13(2)17(18)19(26)20(22)27;1-11-15(17(25)18(20)26)16-13(7-8-21-19(16)27-10-14(23)24)22(11)9-12-5-3-2-4-6-12;1-3-23-18(22)13-24-19-16-11-14(2)21(17(16)9-10-20-19)12-15-7-5-4-6-8-15;1-11-9-13-14(7-8-16-15(13)18)17(11)10-12-5-3-2-4-6-12;4*3-2(4,5)1(6)7;;;;/h4-10H,3,11-12H2,1-2H3,(H2,22,27);2-8H,9-10H2,1H3,(H2,20,26)(H,23,24);4-11H,3,12-13H2,1-2H3;2-9H,10H2,1H3,(H,16,18);4*(H,6,7);1H3;1H2;;. The van der Waals surface area contributed by atoms with Gasteiger partial charge in [0.25, 0.3) is 28.9 Å². The van der Waals surface area contributed by atoms with Crippen LogP contribution in [-0.2, 0) is 118 Å². The van der Waals surface area contributed by atoms with E-state index in [2.05, 4.69) is 60.3 Å². The summed E-state index contributed by atoms with van der Waals surface area (Å²) >= 11 is 0. The fourth-order valence-electron chi connectivity index (χ4n) is 11.2. The van der Waals surface area contributed by atoms with E-state index in [4.69, 9.17) is 79.9 Å². The Hall–Kier alpha value is -14.3. The molecule has 0 aliphatic heterocycles. The summed E-state index contributed by atoms with van der Waals surface area (Å²) in [6.45, 7) is 12.9. The molecule has 0 spiro atoms. The number of carboxylic acid groups (broad SMARTS) is 5. The largest absolute Gasteiger partial charge is 0.490 e. The van der Waals surface area contributed by atoms with Gasteiger partial charge < -0.3 is 95.6 Å². The number of ketones is 2. The number of nitrogens with zero attached hydrogens (tertiary/aromatic N) is 7. The number of H-pyrrole nitrogens is 1. The van der Waals surface area contributed by atoms with Gasteiger partial charge in [-0.1, -0.05) is 121 Å². The quantitative estimate of drug-likeness (QED) is 0.00944. The monoisotopic (exact) mass is 2020 g/mol. The van der Waals surface area contributed by atoms with Crippen LogP contribution in [0, 0.1) is 27.7 Å². The molecule has 0 atom stereocenters. The number of aromatic amines is 1. The minimum absolute atomic E-state index is 0. The second kappa shape index (κ2) is 52.1. The zero-order chi connectivity index (χ0) is 94.3. The number of carbonyl (C=O) groups is 11. The summed E-state index contributed by atoms with van der Waals surface area (Å²) < 4.78 is 161. The Bertz CT molecular complexity index is 5820. The van der Waals surface area contributed by atoms with Crippen molar-refractivity contribution in [2.24, 2.45) is 11.5 Å². The smallest absolute Gasteiger partial charge is 0.479 e. The first kappa shape index (κ1) is 114. The summed E-state index contributed by atoms with van der Waals surface area (Å²) in [6, 6.07) is 51.1. The van der Waals surface area contributed by atoms with Crippen molar-refractivity contribution >= 4 is 109 Å². The van der Waals surface area contributed by atoms with E-state index in [1.807, 2.05) is 137 Å². The van der Waals surface area contributed by atoms with Crippen molar-refractivity contribution in [3.63, 3.8) is 0 Å². The summed E-state index contributed by atoms with van der Waals surface area (Å²) in [6.07, 6.45) is -14.0. The third kappa shape index (κ3) is 33.8. The van der Waals surface area contributed by atoms with Crippen molar-refractivity contribution < 1.29 is 199 Å². The summed E-state index contributed by atoms with van der Waals surface area (Å²) in [5.41, 5.74) is 21.6. The van der Waals surface area contributed by atoms with Gasteiger partial charge in [0, 0.05) is 113 Å². The molecule has 0 aliphatic carbocycles. The van der Waals surface area contributed by atoms with Crippen LogP contribution in [0.3, 0.4) is 0 Å². The molecule has 12 aromatic rings. The van der Waals surface area contributed by atoms with Gasteiger partial charge in [-0.3, -0.25) is 24.0 Å². The maximum Gasteiger partial charge on any atom is 0.490 e. The Morgan fingerprint density at radius 3 is 0.962 bits per heavy atom. The van der Waals surface area contributed by atoms with E-state index < -0.39 is 96.5 Å². The maximum absolute atomic E-state index is 12.6. The van der Waals surface area contributed by atoms with E-state index in [0.29, 0.717) is 53.4 Å². The van der Waals surface area contributed by atoms with Gasteiger partial charge in [-0.15, -0.1) is 0 Å². The molecule has 0 fully saturated rings. The van der Waals surface area contributed by atoms with E-state index in [9.17, 15) is 91.0 Å². The number of ether oxygens (including phenoxy) is 5. The Morgan fingerprint density at radius 2 is 0.669 bits per heavy atom. The third-order valence-corrected chi connectivity index (χ3v) is 16.7. The zero-order valence-corrected chi connectivity index (χ0v) is 71.8. The van der Waals surface area contributed by atoms with E-state index in [1.54, 1.807) is 52.2 Å². The molecule has 0 saturated heterocycles. The number of carbonyl (C=O) groups excluding carboxylic acids is 6. The summed E-state index contributed by atoms with van der Waals surface area (Å²) in [5.74, 6) is -16.6. The number of benzene rings is 4. The molecule has 704 valence electrons. The number of primary amides is 2. The molecule has 130 heavy (non-hydrogen) atoms.